The summed E-state index contributed by atoms with van der Waals surface area (Å²) in [6.45, 7) is 9.12. The van der Waals surface area contributed by atoms with E-state index in [1.807, 2.05) is 13.1 Å². The number of piperidine rings is 1. The second-order valence-electron chi connectivity index (χ2n) is 7.43. The third-order valence-corrected chi connectivity index (χ3v) is 5.41. The highest BCUT2D eigenvalue weighted by molar-refractivity contribution is 5.85. The molecule has 0 bridgehead atoms. The zero-order valence-electron chi connectivity index (χ0n) is 16.1. The third kappa shape index (κ3) is 4.11. The lowest BCUT2D eigenvalue weighted by molar-refractivity contribution is 0.0365. The number of likely N-dealkylation sites (N-methyl/N-ethyl adjacent to an activating group) is 1. The Morgan fingerprint density at radius 3 is 2.77 bits per heavy atom. The minimum Gasteiger partial charge on any atom is -0.377 e. The Kier molecular flexibility index (Phi) is 6.01. The highest BCUT2D eigenvalue weighted by Gasteiger charge is 2.29. The fraction of sp³-hybridized carbons (Fsp3) is 0.632. The zero-order chi connectivity index (χ0) is 18.7. The molecule has 2 aromatic rings. The normalized spacial score (nSPS) is 23.4. The van der Waals surface area contributed by atoms with Crippen LogP contribution in [0, 0.1) is 5.92 Å². The molecule has 0 amide bonds. The van der Waals surface area contributed by atoms with Crippen molar-refractivity contribution < 1.29 is 5.11 Å². The molecule has 4 atom stereocenters. The lowest BCUT2D eigenvalue weighted by Crippen LogP contribution is -2.56. The van der Waals surface area contributed by atoms with E-state index in [1.165, 1.54) is 0 Å². The lowest BCUT2D eigenvalue weighted by Gasteiger charge is -2.40. The third-order valence-electron chi connectivity index (χ3n) is 5.41. The quantitative estimate of drug-likeness (QED) is 0.758. The highest BCUT2D eigenvalue weighted by Crippen LogP contribution is 2.27. The first-order valence-corrected chi connectivity index (χ1v) is 9.44. The molecular formula is C19H30N6O. The van der Waals surface area contributed by atoms with E-state index in [-0.39, 0.29) is 12.1 Å². The molecule has 7 nitrogen and oxygen atoms in total. The van der Waals surface area contributed by atoms with E-state index in [9.17, 15) is 5.11 Å². The minimum absolute atomic E-state index is 0.0679. The Labute approximate surface area is 155 Å². The van der Waals surface area contributed by atoms with Crippen molar-refractivity contribution >= 4 is 16.9 Å². The standard InChI is InChI=1S/C19H30N6O/c1-5-24(4)14(3)19(26)23-15-10-13(2)11-25(12-15)16-6-7-21-18-17(16)20-8-9-22-18/h6-9,13-15,19,23,26H,5,10-12H2,1-4H3/t13-,14+,15+,19?/m0/s1. The Bertz CT molecular complexity index is 721. The molecule has 1 fully saturated rings. The van der Waals surface area contributed by atoms with Gasteiger partial charge in [0.15, 0.2) is 5.65 Å². The molecule has 1 aliphatic heterocycles. The summed E-state index contributed by atoms with van der Waals surface area (Å²) in [5.41, 5.74) is 2.57. The number of anilines is 1. The first-order valence-electron chi connectivity index (χ1n) is 9.44. The molecule has 26 heavy (non-hydrogen) atoms. The molecule has 7 heteroatoms. The van der Waals surface area contributed by atoms with Crippen LogP contribution in [-0.2, 0) is 0 Å². The van der Waals surface area contributed by atoms with Crippen LogP contribution in [0.5, 0.6) is 0 Å². The lowest BCUT2D eigenvalue weighted by atomic mass is 9.95. The number of rotatable bonds is 6. The summed E-state index contributed by atoms with van der Waals surface area (Å²) in [5.74, 6) is 0.521. The Balaban J connectivity index is 1.76. The van der Waals surface area contributed by atoms with Gasteiger partial charge in [0.1, 0.15) is 11.7 Å². The predicted octanol–water partition coefficient (Wildman–Crippen LogP) is 1.49. The molecule has 3 heterocycles. The van der Waals surface area contributed by atoms with Gasteiger partial charge in [-0.3, -0.25) is 5.32 Å². The van der Waals surface area contributed by atoms with E-state index in [1.54, 1.807) is 18.6 Å². The molecule has 1 saturated heterocycles. The van der Waals surface area contributed by atoms with Crippen LogP contribution < -0.4 is 10.2 Å². The summed E-state index contributed by atoms with van der Waals surface area (Å²) in [4.78, 5) is 17.6. The average Bonchev–Trinajstić information content (AvgIpc) is 2.65. The first-order chi connectivity index (χ1) is 12.5. The van der Waals surface area contributed by atoms with E-state index in [2.05, 4.69) is 50.8 Å². The Hall–Kier alpha value is -1.83. The molecule has 3 rings (SSSR count). The number of aromatic nitrogens is 3. The average molecular weight is 358 g/mol. The summed E-state index contributed by atoms with van der Waals surface area (Å²) in [7, 11) is 2.03. The van der Waals surface area contributed by atoms with Gasteiger partial charge in [-0.25, -0.2) is 15.0 Å². The number of nitrogens with zero attached hydrogens (tertiary/aromatic N) is 5. The topological polar surface area (TPSA) is 77.4 Å². The number of aliphatic hydroxyl groups excluding tert-OH is 1. The van der Waals surface area contributed by atoms with Crippen molar-refractivity contribution in [1.29, 1.82) is 0 Å². The summed E-state index contributed by atoms with van der Waals surface area (Å²) >= 11 is 0. The van der Waals surface area contributed by atoms with Crippen molar-refractivity contribution in [2.24, 2.45) is 5.92 Å². The van der Waals surface area contributed by atoms with Crippen LogP contribution in [0.4, 0.5) is 5.69 Å². The van der Waals surface area contributed by atoms with Gasteiger partial charge in [-0.05, 0) is 38.9 Å². The van der Waals surface area contributed by atoms with Gasteiger partial charge in [-0.15, -0.1) is 0 Å². The predicted molar refractivity (Wildman–Crippen MR) is 104 cm³/mol. The van der Waals surface area contributed by atoms with Crippen molar-refractivity contribution in [3.8, 4) is 0 Å². The Morgan fingerprint density at radius 1 is 1.27 bits per heavy atom. The number of aliphatic hydroxyl groups is 1. The molecule has 1 aliphatic rings. The van der Waals surface area contributed by atoms with Crippen molar-refractivity contribution in [3.05, 3.63) is 24.7 Å². The highest BCUT2D eigenvalue weighted by atomic mass is 16.3. The van der Waals surface area contributed by atoms with Crippen LogP contribution in [0.1, 0.15) is 27.2 Å². The molecular weight excluding hydrogens is 328 g/mol. The fourth-order valence-electron chi connectivity index (χ4n) is 3.70. The van der Waals surface area contributed by atoms with E-state index < -0.39 is 6.23 Å². The van der Waals surface area contributed by atoms with Crippen molar-refractivity contribution in [1.82, 2.24) is 25.2 Å². The monoisotopic (exact) mass is 358 g/mol. The second kappa shape index (κ2) is 8.24. The molecule has 0 saturated carbocycles. The van der Waals surface area contributed by atoms with E-state index >= 15 is 0 Å². The number of fused-ring (bicyclic) bond motifs is 1. The van der Waals surface area contributed by atoms with Crippen LogP contribution in [0.3, 0.4) is 0 Å². The molecule has 0 aliphatic carbocycles. The van der Waals surface area contributed by atoms with Crippen molar-refractivity contribution in [2.45, 2.75) is 45.5 Å². The molecule has 0 aromatic carbocycles. The van der Waals surface area contributed by atoms with Crippen LogP contribution in [-0.4, -0.2) is 70.0 Å². The smallest absolute Gasteiger partial charge is 0.180 e. The van der Waals surface area contributed by atoms with Crippen molar-refractivity contribution in [2.75, 3.05) is 31.6 Å². The van der Waals surface area contributed by atoms with Crippen LogP contribution in [0.25, 0.3) is 11.2 Å². The maximum absolute atomic E-state index is 10.6. The second-order valence-corrected chi connectivity index (χ2v) is 7.43. The largest absolute Gasteiger partial charge is 0.377 e. The summed E-state index contributed by atoms with van der Waals surface area (Å²) < 4.78 is 0. The number of hydrogen-bond acceptors (Lipinski definition) is 7. The maximum Gasteiger partial charge on any atom is 0.180 e. The summed E-state index contributed by atoms with van der Waals surface area (Å²) in [6.07, 6.45) is 5.67. The van der Waals surface area contributed by atoms with E-state index in [4.69, 9.17) is 0 Å². The van der Waals surface area contributed by atoms with Gasteiger partial charge in [-0.2, -0.15) is 0 Å². The van der Waals surface area contributed by atoms with Crippen LogP contribution in [0.2, 0.25) is 0 Å². The number of nitrogens with one attached hydrogen (secondary N) is 1. The van der Waals surface area contributed by atoms with Crippen LogP contribution in [0.15, 0.2) is 24.7 Å². The minimum atomic E-state index is -0.550. The van der Waals surface area contributed by atoms with Crippen LogP contribution >= 0.6 is 0 Å². The zero-order valence-corrected chi connectivity index (χ0v) is 16.1. The van der Waals surface area contributed by atoms with Gasteiger partial charge in [-0.1, -0.05) is 13.8 Å². The number of pyridine rings is 1. The van der Waals surface area contributed by atoms with E-state index in [0.717, 1.165) is 37.3 Å². The van der Waals surface area contributed by atoms with Gasteiger partial charge in [0.25, 0.3) is 0 Å². The van der Waals surface area contributed by atoms with E-state index in [0.29, 0.717) is 11.6 Å². The molecule has 142 valence electrons. The molecule has 0 spiro atoms. The number of hydrogen-bond donors (Lipinski definition) is 2. The molecule has 2 N–H and O–H groups in total. The maximum atomic E-state index is 10.6. The molecule has 0 radical (unpaired) electrons. The molecule has 2 aromatic heterocycles. The van der Waals surface area contributed by atoms with Gasteiger partial charge in [0.2, 0.25) is 0 Å². The summed E-state index contributed by atoms with van der Waals surface area (Å²) in [6, 6.07) is 2.30. The fourth-order valence-corrected chi connectivity index (χ4v) is 3.70. The van der Waals surface area contributed by atoms with Crippen molar-refractivity contribution in [3.63, 3.8) is 0 Å². The van der Waals surface area contributed by atoms with Gasteiger partial charge in [0, 0.05) is 43.8 Å². The summed E-state index contributed by atoms with van der Waals surface area (Å²) in [5, 5.41) is 14.0. The first kappa shape index (κ1) is 18.9. The van der Waals surface area contributed by atoms with Gasteiger partial charge >= 0.3 is 0 Å². The van der Waals surface area contributed by atoms with Gasteiger partial charge in [0.05, 0.1) is 5.69 Å². The van der Waals surface area contributed by atoms with Gasteiger partial charge < -0.3 is 14.9 Å². The molecule has 1 unspecified atom stereocenters. The SMILES string of the molecule is CCN(C)[C@H](C)C(O)N[C@@H]1C[C@H](C)CN(c2ccnc3nccnc23)C1. The Morgan fingerprint density at radius 2 is 2.00 bits per heavy atom.